The second-order valence-corrected chi connectivity index (χ2v) is 5.69. The monoisotopic (exact) mass is 247 g/mol. The van der Waals surface area contributed by atoms with Crippen molar-refractivity contribution < 1.29 is 9.84 Å². The summed E-state index contributed by atoms with van der Waals surface area (Å²) in [7, 11) is 3.76. The predicted octanol–water partition coefficient (Wildman–Crippen LogP) is 2.78. The first-order valence-corrected chi connectivity index (χ1v) is 6.85. The summed E-state index contributed by atoms with van der Waals surface area (Å²) in [6.07, 6.45) is 6.43. The summed E-state index contributed by atoms with van der Waals surface area (Å²) >= 11 is 0. The van der Waals surface area contributed by atoms with Crippen molar-refractivity contribution in [2.24, 2.45) is 0 Å². The number of rotatable bonds is 4. The summed E-state index contributed by atoms with van der Waals surface area (Å²) in [6.45, 7) is 0.861. The molecule has 2 rings (SSSR count). The van der Waals surface area contributed by atoms with Crippen LogP contribution >= 0.6 is 0 Å². The van der Waals surface area contributed by atoms with Crippen molar-refractivity contribution in [3.63, 3.8) is 0 Å². The van der Waals surface area contributed by atoms with Gasteiger partial charge in [-0.25, -0.2) is 0 Å². The van der Waals surface area contributed by atoms with Gasteiger partial charge in [0.05, 0.1) is 15.5 Å². The number of hydrogen-bond acceptors (Lipinski definition) is 2. The fourth-order valence-corrected chi connectivity index (χ4v) is 2.79. The highest BCUT2D eigenvalue weighted by Gasteiger charge is 2.27. The van der Waals surface area contributed by atoms with Gasteiger partial charge in [0, 0.05) is 6.61 Å². The maximum absolute atomic E-state index is 9.67. The van der Waals surface area contributed by atoms with Crippen molar-refractivity contribution in [1.82, 2.24) is 0 Å². The standard InChI is InChI=1S/C14H19O2Si/c15-13-8-2-1-6-12(13)7-5-10-14(17)9-3-4-11-16-14/h1-2,6,8,15H,3-5,7,9-11H2. The summed E-state index contributed by atoms with van der Waals surface area (Å²) in [5.74, 6) is 0.403. The third-order valence-corrected chi connectivity index (χ3v) is 4.02. The van der Waals surface area contributed by atoms with Crippen molar-refractivity contribution in [1.29, 1.82) is 0 Å². The molecule has 2 nitrogen and oxygen atoms in total. The molecule has 0 bridgehead atoms. The quantitative estimate of drug-likeness (QED) is 0.829. The summed E-state index contributed by atoms with van der Waals surface area (Å²) in [5.41, 5.74) is 1.03. The van der Waals surface area contributed by atoms with E-state index in [9.17, 15) is 5.11 Å². The highest BCUT2D eigenvalue weighted by atomic mass is 28.1. The van der Waals surface area contributed by atoms with Crippen LogP contribution < -0.4 is 0 Å². The number of phenolic OH excluding ortho intramolecular Hbond substituents is 1. The number of hydrogen-bond donors (Lipinski definition) is 1. The van der Waals surface area contributed by atoms with Crippen LogP contribution in [-0.2, 0) is 11.2 Å². The van der Waals surface area contributed by atoms with Crippen LogP contribution in [0.5, 0.6) is 5.75 Å². The van der Waals surface area contributed by atoms with E-state index in [1.54, 1.807) is 6.07 Å². The lowest BCUT2D eigenvalue weighted by Gasteiger charge is -2.34. The molecular formula is C14H19O2Si. The Morgan fingerprint density at radius 3 is 2.82 bits per heavy atom. The third-order valence-electron chi connectivity index (χ3n) is 3.37. The van der Waals surface area contributed by atoms with Gasteiger partial charge < -0.3 is 9.84 Å². The molecule has 0 saturated carbocycles. The van der Waals surface area contributed by atoms with E-state index in [-0.39, 0.29) is 5.22 Å². The second kappa shape index (κ2) is 5.69. The molecule has 0 aliphatic carbocycles. The number of ether oxygens (including phenoxy) is 1. The molecular weight excluding hydrogens is 228 g/mol. The SMILES string of the molecule is Oc1ccccc1CCCC1([Si])CCCCO1. The van der Waals surface area contributed by atoms with Crippen LogP contribution in [0.1, 0.15) is 37.7 Å². The van der Waals surface area contributed by atoms with Gasteiger partial charge in [-0.1, -0.05) is 18.2 Å². The van der Waals surface area contributed by atoms with Crippen molar-refractivity contribution in [2.75, 3.05) is 6.61 Å². The van der Waals surface area contributed by atoms with Crippen LogP contribution in [0, 0.1) is 0 Å². The van der Waals surface area contributed by atoms with Crippen molar-refractivity contribution >= 4 is 10.2 Å². The molecule has 1 aromatic rings. The summed E-state index contributed by atoms with van der Waals surface area (Å²) < 4.78 is 5.78. The first-order valence-electron chi connectivity index (χ1n) is 6.35. The number of aromatic hydroxyl groups is 1. The molecule has 1 aromatic carbocycles. The van der Waals surface area contributed by atoms with Gasteiger partial charge in [-0.05, 0) is 50.2 Å². The lowest BCUT2D eigenvalue weighted by atomic mass is 10.00. The number of aryl methyl sites for hydroxylation is 1. The average Bonchev–Trinajstić information content (AvgIpc) is 2.32. The molecule has 1 aliphatic heterocycles. The maximum atomic E-state index is 9.67. The Hall–Kier alpha value is -0.803. The first kappa shape index (κ1) is 12.6. The molecule has 0 amide bonds. The molecule has 3 heteroatoms. The molecule has 1 N–H and O–H groups in total. The smallest absolute Gasteiger partial charge is 0.118 e. The Morgan fingerprint density at radius 2 is 2.12 bits per heavy atom. The van der Waals surface area contributed by atoms with E-state index in [0.29, 0.717) is 5.75 Å². The van der Waals surface area contributed by atoms with Gasteiger partial charge in [-0.3, -0.25) is 0 Å². The van der Waals surface area contributed by atoms with Crippen LogP contribution in [0.15, 0.2) is 24.3 Å². The molecule has 1 heterocycles. The lowest BCUT2D eigenvalue weighted by Crippen LogP contribution is -2.36. The number of benzene rings is 1. The molecule has 1 atom stereocenters. The molecule has 1 fully saturated rings. The minimum absolute atomic E-state index is 0.122. The zero-order valence-electron chi connectivity index (χ0n) is 10.1. The molecule has 1 saturated heterocycles. The van der Waals surface area contributed by atoms with E-state index in [2.05, 4.69) is 10.2 Å². The largest absolute Gasteiger partial charge is 0.508 e. The predicted molar refractivity (Wildman–Crippen MR) is 69.3 cm³/mol. The third kappa shape index (κ3) is 3.58. The molecule has 0 aromatic heterocycles. The van der Waals surface area contributed by atoms with Gasteiger partial charge in [-0.2, -0.15) is 0 Å². The molecule has 3 radical (unpaired) electrons. The topological polar surface area (TPSA) is 29.5 Å². The van der Waals surface area contributed by atoms with Crippen molar-refractivity contribution in [2.45, 2.75) is 43.7 Å². The molecule has 1 aliphatic rings. The van der Waals surface area contributed by atoms with Gasteiger partial charge in [0.15, 0.2) is 0 Å². The van der Waals surface area contributed by atoms with E-state index >= 15 is 0 Å². The van der Waals surface area contributed by atoms with Crippen LogP contribution in [0.2, 0.25) is 0 Å². The van der Waals surface area contributed by atoms with E-state index in [0.717, 1.165) is 37.9 Å². The van der Waals surface area contributed by atoms with Gasteiger partial charge >= 0.3 is 0 Å². The summed E-state index contributed by atoms with van der Waals surface area (Å²) in [6, 6.07) is 7.55. The maximum Gasteiger partial charge on any atom is 0.118 e. The van der Waals surface area contributed by atoms with Crippen LogP contribution in [0.25, 0.3) is 0 Å². The van der Waals surface area contributed by atoms with Gasteiger partial charge in [0.2, 0.25) is 0 Å². The normalized spacial score (nSPS) is 24.8. The zero-order valence-corrected chi connectivity index (χ0v) is 11.1. The second-order valence-electron chi connectivity index (χ2n) is 4.78. The van der Waals surface area contributed by atoms with Crippen LogP contribution in [0.4, 0.5) is 0 Å². The Morgan fingerprint density at radius 1 is 1.29 bits per heavy atom. The molecule has 17 heavy (non-hydrogen) atoms. The average molecular weight is 247 g/mol. The van der Waals surface area contributed by atoms with Crippen LogP contribution in [-0.4, -0.2) is 27.2 Å². The molecule has 1 unspecified atom stereocenters. The van der Waals surface area contributed by atoms with Crippen molar-refractivity contribution in [3.8, 4) is 5.75 Å². The minimum atomic E-state index is -0.122. The van der Waals surface area contributed by atoms with E-state index < -0.39 is 0 Å². The fourth-order valence-electron chi connectivity index (χ4n) is 2.34. The highest BCUT2D eigenvalue weighted by molar-refractivity contribution is 6.14. The Bertz CT molecular complexity index is 359. The molecule has 0 spiro atoms. The highest BCUT2D eigenvalue weighted by Crippen LogP contribution is 2.27. The Kier molecular flexibility index (Phi) is 4.24. The van der Waals surface area contributed by atoms with Crippen LogP contribution in [0.3, 0.4) is 0 Å². The zero-order chi connectivity index (χ0) is 12.1. The van der Waals surface area contributed by atoms with Gasteiger partial charge in [0.25, 0.3) is 0 Å². The summed E-state index contributed by atoms with van der Waals surface area (Å²) in [5, 5.41) is 9.55. The molecule has 91 valence electrons. The van der Waals surface area contributed by atoms with E-state index in [1.165, 1.54) is 12.8 Å². The van der Waals surface area contributed by atoms with E-state index in [1.807, 2.05) is 18.2 Å². The fraction of sp³-hybridized carbons (Fsp3) is 0.571. The number of para-hydroxylation sites is 1. The lowest BCUT2D eigenvalue weighted by molar-refractivity contribution is -0.0236. The first-order chi connectivity index (χ1) is 8.20. The minimum Gasteiger partial charge on any atom is -0.508 e. The van der Waals surface area contributed by atoms with E-state index in [4.69, 9.17) is 4.74 Å². The Balaban J connectivity index is 1.81. The number of phenols is 1. The van der Waals surface area contributed by atoms with Crippen molar-refractivity contribution in [3.05, 3.63) is 29.8 Å². The van der Waals surface area contributed by atoms with Gasteiger partial charge in [0.1, 0.15) is 5.75 Å². The summed E-state index contributed by atoms with van der Waals surface area (Å²) in [4.78, 5) is 0. The Labute approximate surface area is 106 Å². The van der Waals surface area contributed by atoms with Gasteiger partial charge in [-0.15, -0.1) is 0 Å².